The van der Waals surface area contributed by atoms with E-state index in [1.165, 1.54) is 0 Å². The fraction of sp³-hybridized carbons (Fsp3) is 0. The fourth-order valence-corrected chi connectivity index (χ4v) is 0. The van der Waals surface area contributed by atoms with Crippen molar-refractivity contribution in [1.82, 2.24) is 0 Å². The van der Waals surface area contributed by atoms with Crippen molar-refractivity contribution >= 4 is 81.4 Å². The van der Waals surface area contributed by atoms with Crippen molar-refractivity contribution in [3.63, 3.8) is 0 Å². The Labute approximate surface area is 137 Å². The molecule has 0 unspecified atom stereocenters. The summed E-state index contributed by atoms with van der Waals surface area (Å²) in [5.41, 5.74) is 0. The predicted octanol–water partition coefficient (Wildman–Crippen LogP) is -0.921. The van der Waals surface area contributed by atoms with Crippen LogP contribution >= 0.6 is 81.4 Å². The average molecular weight is 716 g/mol. The first-order valence-electron chi connectivity index (χ1n) is 0.802. The summed E-state index contributed by atoms with van der Waals surface area (Å²) in [6.07, 6.45) is 0. The minimum atomic E-state index is -3.34. The maximum atomic E-state index is 3.36. The molecule has 0 bridgehead atoms. The van der Waals surface area contributed by atoms with E-state index in [-0.39, 0.29) is 59.1 Å². The van der Waals surface area contributed by atoms with Crippen molar-refractivity contribution in [2.24, 2.45) is 0 Å². The van der Waals surface area contributed by atoms with Crippen molar-refractivity contribution < 1.29 is 59.9 Å². The Balaban J connectivity index is -0.000000180. The molecule has 0 aliphatic heterocycles. The molecule has 0 aromatic heterocycles. The molecule has 0 spiro atoms. The summed E-state index contributed by atoms with van der Waals surface area (Å²) >= 11 is 20.2. The maximum Gasteiger partial charge on any atom is 1.00 e. The third-order valence-corrected chi connectivity index (χ3v) is 0. The summed E-state index contributed by atoms with van der Waals surface area (Å²) in [7, 11) is 0. The topological polar surface area (TPSA) is 0 Å². The van der Waals surface area contributed by atoms with Gasteiger partial charge in [0.05, 0.1) is 0 Å². The number of hydrogen-bond acceptors (Lipinski definition) is 0. The smallest absolute Gasteiger partial charge is 1.00 e. The van der Waals surface area contributed by atoms with Crippen LogP contribution in [0.4, 0.5) is 0 Å². The zero-order chi connectivity index (χ0) is 6.41. The van der Waals surface area contributed by atoms with E-state index < -0.39 is 0.772 Å². The molecule has 52 valence electrons. The van der Waals surface area contributed by atoms with Crippen LogP contribution in [0.3, 0.4) is 0 Å². The number of hydrogen-bond donors (Lipinski definition) is 0. The molecule has 0 fully saturated rings. The second-order valence-electron chi connectivity index (χ2n) is 0.758. The van der Waals surface area contributed by atoms with Gasteiger partial charge in [0.2, 0.25) is 0 Å². The molecule has 0 rings (SSSR count). The van der Waals surface area contributed by atoms with Gasteiger partial charge in [-0.25, -0.2) is 0 Å². The first-order chi connectivity index (χ1) is 2.45. The minimum Gasteiger partial charge on any atom is 1.00 e. The molecule has 0 amide bonds. The van der Waals surface area contributed by atoms with E-state index in [4.69, 9.17) is 0 Å². The van der Waals surface area contributed by atoms with E-state index in [2.05, 4.69) is 81.4 Å². The van der Waals surface area contributed by atoms with Crippen molar-refractivity contribution in [2.75, 3.05) is 0 Å². The SMILES string of the molecule is [Br][Os-2]([Br])([Br])([Br])([Br])[Br].[Na+].[Na+]. The number of halogens is 6. The van der Waals surface area contributed by atoms with Gasteiger partial charge in [0.15, 0.2) is 0 Å². The Morgan fingerprint density at radius 3 is 0.556 bits per heavy atom. The van der Waals surface area contributed by atoms with Crippen LogP contribution in [0.5, 0.6) is 0 Å². The Hall–Kier alpha value is 5.52. The third kappa shape index (κ3) is 58.9. The van der Waals surface area contributed by atoms with Crippen molar-refractivity contribution in [1.29, 1.82) is 0 Å². The van der Waals surface area contributed by atoms with E-state index in [0.717, 1.165) is 0 Å². The zero-order valence-corrected chi connectivity index (χ0v) is 20.7. The average Bonchev–Trinajstić information content (AvgIpc) is 0.592. The van der Waals surface area contributed by atoms with Crippen molar-refractivity contribution in [2.45, 2.75) is 0 Å². The molecule has 0 aliphatic rings. The second-order valence-corrected chi connectivity index (χ2v) is 167. The van der Waals surface area contributed by atoms with Gasteiger partial charge in [-0.05, 0) is 0 Å². The minimum absolute atomic E-state index is 0. The van der Waals surface area contributed by atoms with E-state index in [1.807, 2.05) is 0 Å². The fourth-order valence-electron chi connectivity index (χ4n) is 0. The predicted molar refractivity (Wildman–Crippen MR) is 53.6 cm³/mol. The molecule has 0 aromatic carbocycles. The van der Waals surface area contributed by atoms with Gasteiger partial charge >= 0.3 is 141 Å². The monoisotopic (exact) mass is 711 g/mol. The summed E-state index contributed by atoms with van der Waals surface area (Å²) < 4.78 is -3.34. The molecule has 0 N–H and O–H groups in total. The Morgan fingerprint density at radius 1 is 0.556 bits per heavy atom. The van der Waals surface area contributed by atoms with Crippen LogP contribution in [0.2, 0.25) is 0 Å². The maximum absolute atomic E-state index is 3.36. The van der Waals surface area contributed by atoms with E-state index >= 15 is 0 Å². The quantitative estimate of drug-likeness (QED) is 0.285. The first kappa shape index (κ1) is 20.0. The summed E-state index contributed by atoms with van der Waals surface area (Å²) in [4.78, 5) is 0. The van der Waals surface area contributed by atoms with Gasteiger partial charge in [-0.3, -0.25) is 0 Å². The summed E-state index contributed by atoms with van der Waals surface area (Å²) in [6.45, 7) is 0. The van der Waals surface area contributed by atoms with Gasteiger partial charge in [0.25, 0.3) is 0 Å². The standard InChI is InChI=1S/6BrH.2Na.Os/h6*1H;;;/q;;;;;;2*+1;+4/p-6. The van der Waals surface area contributed by atoms with Crippen LogP contribution in [-0.4, -0.2) is 0 Å². The van der Waals surface area contributed by atoms with Crippen LogP contribution in [0.15, 0.2) is 0 Å². The molecule has 0 aromatic rings. The normalized spacial score (nSPS) is 18.0. The molecule has 0 saturated carbocycles. The van der Waals surface area contributed by atoms with Crippen LogP contribution in [-0.2, 0) is 0.772 Å². The third-order valence-electron chi connectivity index (χ3n) is 0. The zero-order valence-electron chi connectivity index (χ0n) is 4.62. The molecule has 0 radical (unpaired) electrons. The largest absolute Gasteiger partial charge is 1.00 e. The Bertz CT molecular complexity index is 69.6. The molecule has 0 atom stereocenters. The molecular weight excluding hydrogens is 716 g/mol. The van der Waals surface area contributed by atoms with Gasteiger partial charge in [0.1, 0.15) is 0 Å². The molecular formula is Br6Na2Os. The molecule has 9 heteroatoms. The van der Waals surface area contributed by atoms with Gasteiger partial charge in [-0.2, -0.15) is 0 Å². The van der Waals surface area contributed by atoms with E-state index in [0.29, 0.717) is 0 Å². The van der Waals surface area contributed by atoms with Gasteiger partial charge in [0, 0.05) is 0 Å². The molecule has 0 heterocycles. The van der Waals surface area contributed by atoms with Crippen LogP contribution < -0.4 is 59.1 Å². The molecule has 0 nitrogen and oxygen atoms in total. The summed E-state index contributed by atoms with van der Waals surface area (Å²) in [6, 6.07) is 0. The van der Waals surface area contributed by atoms with Gasteiger partial charge < -0.3 is 0 Å². The molecule has 0 aliphatic carbocycles. The Kier molecular flexibility index (Phi) is 11.2. The number of rotatable bonds is 0. The van der Waals surface area contributed by atoms with Crippen molar-refractivity contribution in [3.8, 4) is 0 Å². The summed E-state index contributed by atoms with van der Waals surface area (Å²) in [5, 5.41) is 0. The molecule has 0 saturated heterocycles. The van der Waals surface area contributed by atoms with Crippen LogP contribution in [0.25, 0.3) is 0 Å². The van der Waals surface area contributed by atoms with Crippen LogP contribution in [0.1, 0.15) is 0 Å². The van der Waals surface area contributed by atoms with Gasteiger partial charge in [-0.15, -0.1) is 0 Å². The van der Waals surface area contributed by atoms with E-state index in [9.17, 15) is 0 Å². The first-order valence-corrected chi connectivity index (χ1v) is 34.1. The Morgan fingerprint density at radius 2 is 0.556 bits per heavy atom. The van der Waals surface area contributed by atoms with Gasteiger partial charge in [-0.1, -0.05) is 0 Å². The molecule has 9 heavy (non-hydrogen) atoms. The van der Waals surface area contributed by atoms with E-state index in [1.54, 1.807) is 0 Å². The second kappa shape index (κ2) is 5.03. The van der Waals surface area contributed by atoms with Crippen LogP contribution in [0, 0.1) is 0 Å². The summed E-state index contributed by atoms with van der Waals surface area (Å²) in [5.74, 6) is 0. The van der Waals surface area contributed by atoms with Crippen molar-refractivity contribution in [3.05, 3.63) is 0 Å².